The lowest BCUT2D eigenvalue weighted by molar-refractivity contribution is -0.149. The van der Waals surface area contributed by atoms with Gasteiger partial charge >= 0.3 is 5.97 Å². The number of hydrogen-bond donors (Lipinski definition) is 0. The Labute approximate surface area is 152 Å². The molecule has 0 radical (unpaired) electrons. The van der Waals surface area contributed by atoms with Crippen molar-refractivity contribution in [3.05, 3.63) is 54.0 Å². The maximum Gasteiger partial charge on any atom is 0.310 e. The second kappa shape index (κ2) is 8.56. The summed E-state index contributed by atoms with van der Waals surface area (Å²) in [6, 6.07) is 11.1. The molecule has 2 aromatic rings. The van der Waals surface area contributed by atoms with Crippen molar-refractivity contribution in [2.24, 2.45) is 5.92 Å². The molecule has 0 aliphatic carbocycles. The number of nitrogens with zero attached hydrogens (tertiary/aromatic N) is 1. The quantitative estimate of drug-likeness (QED) is 0.742. The van der Waals surface area contributed by atoms with Gasteiger partial charge in [0.25, 0.3) is 5.91 Å². The third-order valence-electron chi connectivity index (χ3n) is 4.41. The first-order chi connectivity index (χ1) is 12.7. The first kappa shape index (κ1) is 18.0. The number of carbonyl (C=O) groups is 2. The molecule has 0 bridgehead atoms. The van der Waals surface area contributed by atoms with Crippen molar-refractivity contribution < 1.29 is 23.5 Å². The second-order valence-corrected chi connectivity index (χ2v) is 6.22. The van der Waals surface area contributed by atoms with Gasteiger partial charge in [-0.15, -0.1) is 0 Å². The zero-order valence-electron chi connectivity index (χ0n) is 14.8. The van der Waals surface area contributed by atoms with Crippen LogP contribution in [0.5, 0.6) is 5.75 Å². The standard InChI is InChI=1S/C20H23NO5/c1-2-24-20(23)15-7-6-11-21(13-15)19(22)18-16(10-12-25-18)14-26-17-8-4-3-5-9-17/h3-5,8-10,12,15H,2,6-7,11,13-14H2,1H3. The minimum absolute atomic E-state index is 0.212. The Morgan fingerprint density at radius 3 is 2.81 bits per heavy atom. The Kier molecular flexibility index (Phi) is 5.94. The van der Waals surface area contributed by atoms with Crippen molar-refractivity contribution in [1.29, 1.82) is 0 Å². The van der Waals surface area contributed by atoms with Crippen LogP contribution in [0.2, 0.25) is 0 Å². The highest BCUT2D eigenvalue weighted by Gasteiger charge is 2.31. The molecule has 0 N–H and O–H groups in total. The normalized spacial score (nSPS) is 17.0. The Morgan fingerprint density at radius 2 is 2.04 bits per heavy atom. The lowest BCUT2D eigenvalue weighted by atomic mass is 9.98. The molecule has 1 aromatic heterocycles. The van der Waals surface area contributed by atoms with E-state index >= 15 is 0 Å². The lowest BCUT2D eigenvalue weighted by Gasteiger charge is -2.31. The number of hydrogen-bond acceptors (Lipinski definition) is 5. The molecule has 0 saturated carbocycles. The molecule has 1 amide bonds. The summed E-state index contributed by atoms with van der Waals surface area (Å²) >= 11 is 0. The molecular weight excluding hydrogens is 334 g/mol. The monoisotopic (exact) mass is 357 g/mol. The average Bonchev–Trinajstić information content (AvgIpc) is 3.15. The molecule has 138 valence electrons. The van der Waals surface area contributed by atoms with Gasteiger partial charge in [0, 0.05) is 18.7 Å². The maximum absolute atomic E-state index is 12.8. The molecule has 6 heteroatoms. The van der Waals surface area contributed by atoms with Crippen LogP contribution in [0.1, 0.15) is 35.9 Å². The fourth-order valence-corrected chi connectivity index (χ4v) is 3.07. The minimum Gasteiger partial charge on any atom is -0.489 e. The van der Waals surface area contributed by atoms with E-state index in [-0.39, 0.29) is 30.2 Å². The summed E-state index contributed by atoms with van der Waals surface area (Å²) in [6.45, 7) is 3.34. The van der Waals surface area contributed by atoms with Crippen molar-refractivity contribution in [2.75, 3.05) is 19.7 Å². The van der Waals surface area contributed by atoms with Crippen LogP contribution in [0, 0.1) is 5.92 Å². The van der Waals surface area contributed by atoms with Gasteiger partial charge in [-0.25, -0.2) is 0 Å². The van der Waals surface area contributed by atoms with E-state index in [9.17, 15) is 9.59 Å². The third kappa shape index (κ3) is 4.25. The summed E-state index contributed by atoms with van der Waals surface area (Å²) in [5.74, 6) is 0.275. The molecule has 1 aliphatic rings. The molecular formula is C20H23NO5. The largest absolute Gasteiger partial charge is 0.489 e. The summed E-state index contributed by atoms with van der Waals surface area (Å²) in [4.78, 5) is 26.5. The van der Waals surface area contributed by atoms with Gasteiger partial charge in [-0.3, -0.25) is 9.59 Å². The number of esters is 1. The van der Waals surface area contributed by atoms with Gasteiger partial charge in [-0.2, -0.15) is 0 Å². The zero-order chi connectivity index (χ0) is 18.4. The molecule has 1 atom stereocenters. The van der Waals surface area contributed by atoms with Crippen molar-refractivity contribution in [3.63, 3.8) is 0 Å². The smallest absolute Gasteiger partial charge is 0.310 e. The zero-order valence-corrected chi connectivity index (χ0v) is 14.8. The first-order valence-corrected chi connectivity index (χ1v) is 8.89. The Hall–Kier alpha value is -2.76. The van der Waals surface area contributed by atoms with Crippen LogP contribution in [0.25, 0.3) is 0 Å². The van der Waals surface area contributed by atoms with Crippen molar-refractivity contribution in [3.8, 4) is 5.75 Å². The molecule has 1 aromatic carbocycles. The molecule has 1 unspecified atom stereocenters. The topological polar surface area (TPSA) is 69.0 Å². The van der Waals surface area contributed by atoms with Gasteiger partial charge in [-0.05, 0) is 38.0 Å². The number of furan rings is 1. The highest BCUT2D eigenvalue weighted by atomic mass is 16.5. The van der Waals surface area contributed by atoms with Gasteiger partial charge in [0.2, 0.25) is 0 Å². The molecule has 26 heavy (non-hydrogen) atoms. The Balaban J connectivity index is 1.64. The predicted octanol–water partition coefficient (Wildman–Crippen LogP) is 3.27. The summed E-state index contributed by atoms with van der Waals surface area (Å²) in [6.07, 6.45) is 3.00. The summed E-state index contributed by atoms with van der Waals surface area (Å²) in [7, 11) is 0. The van der Waals surface area contributed by atoms with E-state index in [0.29, 0.717) is 25.3 Å². The number of amides is 1. The van der Waals surface area contributed by atoms with Gasteiger partial charge in [0.1, 0.15) is 12.4 Å². The van der Waals surface area contributed by atoms with E-state index in [4.69, 9.17) is 13.9 Å². The number of benzene rings is 1. The van der Waals surface area contributed by atoms with E-state index < -0.39 is 0 Å². The van der Waals surface area contributed by atoms with Crippen LogP contribution in [0.4, 0.5) is 0 Å². The van der Waals surface area contributed by atoms with Crippen LogP contribution in [-0.4, -0.2) is 36.5 Å². The minimum atomic E-state index is -0.272. The highest BCUT2D eigenvalue weighted by Crippen LogP contribution is 2.22. The van der Waals surface area contributed by atoms with E-state index in [1.54, 1.807) is 17.9 Å². The molecule has 0 spiro atoms. The number of likely N-dealkylation sites (tertiary alicyclic amines) is 1. The van der Waals surface area contributed by atoms with Gasteiger partial charge < -0.3 is 18.8 Å². The number of rotatable bonds is 6. The van der Waals surface area contributed by atoms with Gasteiger partial charge in [0.05, 0.1) is 18.8 Å². The number of ether oxygens (including phenoxy) is 2. The van der Waals surface area contributed by atoms with Crippen molar-refractivity contribution in [2.45, 2.75) is 26.4 Å². The predicted molar refractivity (Wildman–Crippen MR) is 94.7 cm³/mol. The van der Waals surface area contributed by atoms with Crippen LogP contribution in [0.3, 0.4) is 0 Å². The summed E-state index contributed by atoms with van der Waals surface area (Å²) in [5, 5.41) is 0. The van der Waals surface area contributed by atoms with E-state index in [1.165, 1.54) is 6.26 Å². The van der Waals surface area contributed by atoms with E-state index in [0.717, 1.165) is 18.6 Å². The molecule has 3 rings (SSSR count). The lowest BCUT2D eigenvalue weighted by Crippen LogP contribution is -2.43. The second-order valence-electron chi connectivity index (χ2n) is 6.22. The van der Waals surface area contributed by atoms with Crippen molar-refractivity contribution >= 4 is 11.9 Å². The van der Waals surface area contributed by atoms with E-state index in [2.05, 4.69) is 0 Å². The van der Waals surface area contributed by atoms with E-state index in [1.807, 2.05) is 30.3 Å². The third-order valence-corrected chi connectivity index (χ3v) is 4.41. The molecule has 1 saturated heterocycles. The molecule has 6 nitrogen and oxygen atoms in total. The fourth-order valence-electron chi connectivity index (χ4n) is 3.07. The summed E-state index contributed by atoms with van der Waals surface area (Å²) < 4.78 is 16.2. The van der Waals surface area contributed by atoms with Crippen LogP contribution in [0.15, 0.2) is 47.1 Å². The average molecular weight is 357 g/mol. The van der Waals surface area contributed by atoms with Crippen LogP contribution in [-0.2, 0) is 16.1 Å². The Morgan fingerprint density at radius 1 is 1.23 bits per heavy atom. The highest BCUT2D eigenvalue weighted by molar-refractivity contribution is 5.93. The summed E-state index contributed by atoms with van der Waals surface area (Å²) in [5.41, 5.74) is 0.692. The van der Waals surface area contributed by atoms with Crippen LogP contribution >= 0.6 is 0 Å². The van der Waals surface area contributed by atoms with Gasteiger partial charge in [0.15, 0.2) is 5.76 Å². The maximum atomic E-state index is 12.8. The number of piperidine rings is 1. The SMILES string of the molecule is CCOC(=O)C1CCCN(C(=O)c2occc2COc2ccccc2)C1. The van der Waals surface area contributed by atoms with Crippen LogP contribution < -0.4 is 4.74 Å². The van der Waals surface area contributed by atoms with Gasteiger partial charge in [-0.1, -0.05) is 18.2 Å². The van der Waals surface area contributed by atoms with Crippen molar-refractivity contribution in [1.82, 2.24) is 4.90 Å². The molecule has 1 fully saturated rings. The number of para-hydroxylation sites is 1. The molecule has 1 aliphatic heterocycles. The molecule has 2 heterocycles. The fraction of sp³-hybridized carbons (Fsp3) is 0.400. The first-order valence-electron chi connectivity index (χ1n) is 8.89. The Bertz CT molecular complexity index is 740. The number of carbonyl (C=O) groups excluding carboxylic acids is 2.